The van der Waals surface area contributed by atoms with Crippen LogP contribution in [0.4, 0.5) is 4.39 Å². The first-order valence-electron chi connectivity index (χ1n) is 9.21. The average Bonchev–Trinajstić information content (AvgIpc) is 3.11. The number of ether oxygens (including phenoxy) is 1. The van der Waals surface area contributed by atoms with Crippen LogP contribution in [0.25, 0.3) is 11.0 Å². The summed E-state index contributed by atoms with van der Waals surface area (Å²) in [5.41, 5.74) is 1.79. The van der Waals surface area contributed by atoms with Gasteiger partial charge in [0.2, 0.25) is 5.88 Å². The van der Waals surface area contributed by atoms with E-state index < -0.39 is 0 Å². The van der Waals surface area contributed by atoms with Gasteiger partial charge in [-0.05, 0) is 56.5 Å². The first-order chi connectivity index (χ1) is 13.2. The van der Waals surface area contributed by atoms with Crippen LogP contribution in [0.2, 0.25) is 0 Å². The Labute approximate surface area is 156 Å². The zero-order valence-corrected chi connectivity index (χ0v) is 15.1. The van der Waals surface area contributed by atoms with Gasteiger partial charge in [-0.2, -0.15) is 0 Å². The van der Waals surface area contributed by atoms with Crippen molar-refractivity contribution in [3.63, 3.8) is 0 Å². The van der Waals surface area contributed by atoms with E-state index in [0.717, 1.165) is 19.3 Å². The molecule has 6 nitrogen and oxygen atoms in total. The Kier molecular flexibility index (Phi) is 4.75. The molecule has 1 amide bonds. The summed E-state index contributed by atoms with van der Waals surface area (Å²) < 4.78 is 19.0. The van der Waals surface area contributed by atoms with E-state index in [0.29, 0.717) is 41.5 Å². The molecule has 1 unspecified atom stereocenters. The van der Waals surface area contributed by atoms with Crippen molar-refractivity contribution in [2.24, 2.45) is 0 Å². The van der Waals surface area contributed by atoms with Crippen molar-refractivity contribution in [2.45, 2.75) is 32.2 Å². The SMILES string of the molecule is CCOc1ncccc1C(=O)N1CCCCC1c1nc2ccc(F)cc2[nH]1. The van der Waals surface area contributed by atoms with Crippen molar-refractivity contribution < 1.29 is 13.9 Å². The maximum absolute atomic E-state index is 13.5. The van der Waals surface area contributed by atoms with Crippen LogP contribution in [-0.2, 0) is 0 Å². The molecule has 1 saturated heterocycles. The lowest BCUT2D eigenvalue weighted by molar-refractivity contribution is 0.0596. The number of halogens is 1. The van der Waals surface area contributed by atoms with Gasteiger partial charge in [0, 0.05) is 12.7 Å². The molecular formula is C20H21FN4O2. The molecule has 4 rings (SSSR count). The van der Waals surface area contributed by atoms with Crippen LogP contribution in [0.5, 0.6) is 5.88 Å². The number of aromatic nitrogens is 3. The van der Waals surface area contributed by atoms with Gasteiger partial charge in [0.25, 0.3) is 5.91 Å². The molecule has 1 aromatic carbocycles. The van der Waals surface area contributed by atoms with Gasteiger partial charge in [-0.25, -0.2) is 14.4 Å². The predicted molar refractivity (Wildman–Crippen MR) is 99.1 cm³/mol. The topological polar surface area (TPSA) is 71.1 Å². The number of benzene rings is 1. The van der Waals surface area contributed by atoms with E-state index in [9.17, 15) is 9.18 Å². The zero-order chi connectivity index (χ0) is 18.8. The summed E-state index contributed by atoms with van der Waals surface area (Å²) in [6, 6.07) is 7.75. The molecular weight excluding hydrogens is 347 g/mol. The molecule has 1 aliphatic rings. The number of likely N-dealkylation sites (tertiary alicyclic amines) is 1. The second-order valence-corrected chi connectivity index (χ2v) is 6.58. The van der Waals surface area contributed by atoms with E-state index in [4.69, 9.17) is 4.74 Å². The van der Waals surface area contributed by atoms with Gasteiger partial charge in [0.15, 0.2) is 0 Å². The van der Waals surface area contributed by atoms with Crippen LogP contribution >= 0.6 is 0 Å². The Morgan fingerprint density at radius 1 is 1.37 bits per heavy atom. The molecule has 140 valence electrons. The Balaban J connectivity index is 1.68. The quantitative estimate of drug-likeness (QED) is 0.759. The fourth-order valence-electron chi connectivity index (χ4n) is 3.58. The molecule has 0 radical (unpaired) electrons. The fraction of sp³-hybridized carbons (Fsp3) is 0.350. The van der Waals surface area contributed by atoms with Crippen molar-refractivity contribution in [1.29, 1.82) is 0 Å². The number of rotatable bonds is 4. The largest absolute Gasteiger partial charge is 0.477 e. The molecule has 1 atom stereocenters. The number of H-pyrrole nitrogens is 1. The van der Waals surface area contributed by atoms with Crippen LogP contribution in [0, 0.1) is 5.82 Å². The lowest BCUT2D eigenvalue weighted by Crippen LogP contribution is -2.39. The number of aromatic amines is 1. The number of amides is 1. The number of fused-ring (bicyclic) bond motifs is 1. The summed E-state index contributed by atoms with van der Waals surface area (Å²) in [5, 5.41) is 0. The third-order valence-electron chi connectivity index (χ3n) is 4.82. The molecule has 1 fully saturated rings. The lowest BCUT2D eigenvalue weighted by Gasteiger charge is -2.34. The van der Waals surface area contributed by atoms with Gasteiger partial charge >= 0.3 is 0 Å². The minimum atomic E-state index is -0.314. The molecule has 0 spiro atoms. The van der Waals surface area contributed by atoms with E-state index in [1.807, 2.05) is 11.8 Å². The van der Waals surface area contributed by atoms with E-state index >= 15 is 0 Å². The van der Waals surface area contributed by atoms with Gasteiger partial charge in [0.1, 0.15) is 17.2 Å². The number of nitrogens with one attached hydrogen (secondary N) is 1. The summed E-state index contributed by atoms with van der Waals surface area (Å²) >= 11 is 0. The maximum Gasteiger partial charge on any atom is 0.259 e. The number of hydrogen-bond acceptors (Lipinski definition) is 4. The average molecular weight is 368 g/mol. The van der Waals surface area contributed by atoms with Gasteiger partial charge in [-0.3, -0.25) is 4.79 Å². The molecule has 0 saturated carbocycles. The number of piperidine rings is 1. The van der Waals surface area contributed by atoms with Crippen molar-refractivity contribution in [2.75, 3.05) is 13.2 Å². The van der Waals surface area contributed by atoms with E-state index in [-0.39, 0.29) is 17.8 Å². The molecule has 1 N–H and O–H groups in total. The molecule has 2 aromatic heterocycles. The molecule has 27 heavy (non-hydrogen) atoms. The van der Waals surface area contributed by atoms with Crippen LogP contribution in [-0.4, -0.2) is 38.9 Å². The highest BCUT2D eigenvalue weighted by Gasteiger charge is 2.32. The van der Waals surface area contributed by atoms with Gasteiger partial charge < -0.3 is 14.6 Å². The monoisotopic (exact) mass is 368 g/mol. The highest BCUT2D eigenvalue weighted by atomic mass is 19.1. The van der Waals surface area contributed by atoms with Gasteiger partial charge in [0.05, 0.1) is 23.7 Å². The zero-order valence-electron chi connectivity index (χ0n) is 15.1. The first kappa shape index (κ1) is 17.5. The molecule has 3 heterocycles. The lowest BCUT2D eigenvalue weighted by atomic mass is 10.0. The van der Waals surface area contributed by atoms with Crippen LogP contribution < -0.4 is 4.74 Å². The van der Waals surface area contributed by atoms with Gasteiger partial charge in [-0.15, -0.1) is 0 Å². The Hall–Kier alpha value is -2.96. The first-order valence-corrected chi connectivity index (χ1v) is 9.21. The van der Waals surface area contributed by atoms with Crippen LogP contribution in [0.1, 0.15) is 48.4 Å². The van der Waals surface area contributed by atoms with Crippen molar-refractivity contribution in [3.05, 3.63) is 53.7 Å². The summed E-state index contributed by atoms with van der Waals surface area (Å²) in [7, 11) is 0. The molecule has 0 bridgehead atoms. The number of carbonyl (C=O) groups is 1. The second kappa shape index (κ2) is 7.34. The summed E-state index contributed by atoms with van der Waals surface area (Å²) in [4.78, 5) is 27.1. The van der Waals surface area contributed by atoms with Crippen molar-refractivity contribution in [3.8, 4) is 5.88 Å². The molecule has 3 aromatic rings. The summed E-state index contributed by atoms with van der Waals surface area (Å²) in [6.45, 7) is 2.94. The second-order valence-electron chi connectivity index (χ2n) is 6.58. The van der Waals surface area contributed by atoms with E-state index in [2.05, 4.69) is 15.0 Å². The smallest absolute Gasteiger partial charge is 0.259 e. The maximum atomic E-state index is 13.5. The summed E-state index contributed by atoms with van der Waals surface area (Å²) in [6.07, 6.45) is 4.36. The molecule has 0 aliphatic carbocycles. The van der Waals surface area contributed by atoms with Crippen LogP contribution in [0.15, 0.2) is 36.5 Å². The minimum Gasteiger partial charge on any atom is -0.477 e. The molecule has 1 aliphatic heterocycles. The molecule has 7 heteroatoms. The fourth-order valence-corrected chi connectivity index (χ4v) is 3.58. The highest BCUT2D eigenvalue weighted by molar-refractivity contribution is 5.96. The third-order valence-corrected chi connectivity index (χ3v) is 4.82. The van der Waals surface area contributed by atoms with Crippen molar-refractivity contribution in [1.82, 2.24) is 19.9 Å². The number of nitrogens with zero attached hydrogens (tertiary/aromatic N) is 3. The Morgan fingerprint density at radius 3 is 3.11 bits per heavy atom. The van der Waals surface area contributed by atoms with Gasteiger partial charge in [-0.1, -0.05) is 0 Å². The third kappa shape index (κ3) is 3.37. The van der Waals surface area contributed by atoms with E-state index in [1.54, 1.807) is 24.4 Å². The standard InChI is InChI=1S/C20H21FN4O2/c1-2-27-19-14(6-5-10-22-19)20(26)25-11-4-3-7-17(25)18-23-15-9-8-13(21)12-16(15)24-18/h5-6,8-10,12,17H,2-4,7,11H2,1H3,(H,23,24). The number of pyridine rings is 1. The normalized spacial score (nSPS) is 17.3. The minimum absolute atomic E-state index is 0.122. The number of carbonyl (C=O) groups excluding carboxylic acids is 1. The Morgan fingerprint density at radius 2 is 2.26 bits per heavy atom. The van der Waals surface area contributed by atoms with Crippen molar-refractivity contribution >= 4 is 16.9 Å². The predicted octanol–water partition coefficient (Wildman–Crippen LogP) is 3.86. The Bertz CT molecular complexity index is 972. The number of imidazole rings is 1. The highest BCUT2D eigenvalue weighted by Crippen LogP contribution is 2.33. The van der Waals surface area contributed by atoms with E-state index in [1.165, 1.54) is 12.1 Å². The van der Waals surface area contributed by atoms with Crippen LogP contribution in [0.3, 0.4) is 0 Å². The number of hydrogen-bond donors (Lipinski definition) is 1. The summed E-state index contributed by atoms with van der Waals surface area (Å²) in [5.74, 6) is 0.598.